The standard InChI is InChI=1S/C16H16O3/c1-11-6-7-15(8-12(11)2)19-10-13-4-3-5-14(9-13)16(17)18/h3-9H,10H2,1-2H3,(H,17,18). The Hall–Kier alpha value is -2.29. The number of benzene rings is 2. The van der Waals surface area contributed by atoms with Gasteiger partial charge in [-0.15, -0.1) is 0 Å². The molecule has 98 valence electrons. The van der Waals surface area contributed by atoms with Crippen LogP contribution in [0.1, 0.15) is 27.0 Å². The second-order valence-electron chi connectivity index (χ2n) is 4.54. The normalized spacial score (nSPS) is 10.2. The second kappa shape index (κ2) is 5.57. The van der Waals surface area contributed by atoms with Gasteiger partial charge in [0.1, 0.15) is 12.4 Å². The third-order valence-electron chi connectivity index (χ3n) is 3.06. The summed E-state index contributed by atoms with van der Waals surface area (Å²) in [6.07, 6.45) is 0. The van der Waals surface area contributed by atoms with Crippen LogP contribution >= 0.6 is 0 Å². The minimum atomic E-state index is -0.923. The van der Waals surface area contributed by atoms with Gasteiger partial charge in [0.2, 0.25) is 0 Å². The van der Waals surface area contributed by atoms with E-state index in [4.69, 9.17) is 9.84 Å². The average Bonchev–Trinajstić information content (AvgIpc) is 2.40. The summed E-state index contributed by atoms with van der Waals surface area (Å²) < 4.78 is 5.67. The predicted molar refractivity (Wildman–Crippen MR) is 73.6 cm³/mol. The van der Waals surface area contributed by atoms with Crippen molar-refractivity contribution in [2.75, 3.05) is 0 Å². The van der Waals surface area contributed by atoms with Crippen LogP contribution in [0.5, 0.6) is 5.75 Å². The highest BCUT2D eigenvalue weighted by atomic mass is 16.5. The molecule has 0 amide bonds. The van der Waals surface area contributed by atoms with Crippen molar-refractivity contribution in [3.05, 3.63) is 64.7 Å². The average molecular weight is 256 g/mol. The van der Waals surface area contributed by atoms with Gasteiger partial charge in [-0.05, 0) is 54.8 Å². The van der Waals surface area contributed by atoms with Crippen LogP contribution in [0.15, 0.2) is 42.5 Å². The first-order valence-corrected chi connectivity index (χ1v) is 6.08. The zero-order chi connectivity index (χ0) is 13.8. The van der Waals surface area contributed by atoms with Crippen molar-refractivity contribution < 1.29 is 14.6 Å². The highest BCUT2D eigenvalue weighted by molar-refractivity contribution is 5.87. The van der Waals surface area contributed by atoms with Crippen molar-refractivity contribution in [2.45, 2.75) is 20.5 Å². The van der Waals surface area contributed by atoms with Gasteiger partial charge < -0.3 is 9.84 Å². The molecule has 0 radical (unpaired) electrons. The molecule has 2 aromatic rings. The fourth-order valence-electron chi connectivity index (χ4n) is 1.76. The molecule has 0 spiro atoms. The molecule has 0 saturated heterocycles. The highest BCUT2D eigenvalue weighted by Crippen LogP contribution is 2.18. The molecule has 0 unspecified atom stereocenters. The summed E-state index contributed by atoms with van der Waals surface area (Å²) in [5.41, 5.74) is 3.52. The van der Waals surface area contributed by atoms with Gasteiger partial charge in [0.25, 0.3) is 0 Å². The molecule has 3 heteroatoms. The minimum Gasteiger partial charge on any atom is -0.489 e. The molecule has 2 aromatic carbocycles. The van der Waals surface area contributed by atoms with Crippen LogP contribution in [0, 0.1) is 13.8 Å². The molecule has 3 nitrogen and oxygen atoms in total. The third-order valence-corrected chi connectivity index (χ3v) is 3.06. The van der Waals surface area contributed by atoms with Gasteiger partial charge >= 0.3 is 5.97 Å². The van der Waals surface area contributed by atoms with E-state index in [1.165, 1.54) is 11.1 Å². The van der Waals surface area contributed by atoms with E-state index < -0.39 is 5.97 Å². The lowest BCUT2D eigenvalue weighted by atomic mass is 10.1. The maximum Gasteiger partial charge on any atom is 0.335 e. The van der Waals surface area contributed by atoms with Gasteiger partial charge in [-0.1, -0.05) is 18.2 Å². The molecule has 0 aliphatic heterocycles. The first-order valence-electron chi connectivity index (χ1n) is 6.08. The quantitative estimate of drug-likeness (QED) is 0.909. The van der Waals surface area contributed by atoms with Gasteiger partial charge in [-0.25, -0.2) is 4.79 Å². The van der Waals surface area contributed by atoms with Crippen molar-refractivity contribution in [2.24, 2.45) is 0 Å². The van der Waals surface area contributed by atoms with Crippen molar-refractivity contribution >= 4 is 5.97 Å². The molecule has 0 bridgehead atoms. The molecule has 0 fully saturated rings. The highest BCUT2D eigenvalue weighted by Gasteiger charge is 2.04. The van der Waals surface area contributed by atoms with Gasteiger partial charge in [0.15, 0.2) is 0 Å². The first kappa shape index (κ1) is 13.1. The Balaban J connectivity index is 2.07. The Morgan fingerprint density at radius 1 is 1.11 bits per heavy atom. The Kier molecular flexibility index (Phi) is 3.85. The number of carboxylic acids is 1. The molecule has 0 aromatic heterocycles. The number of hydrogen-bond acceptors (Lipinski definition) is 2. The topological polar surface area (TPSA) is 46.5 Å². The fraction of sp³-hybridized carbons (Fsp3) is 0.188. The number of carbonyl (C=O) groups is 1. The zero-order valence-electron chi connectivity index (χ0n) is 11.0. The van der Waals surface area contributed by atoms with Crippen LogP contribution in [0.2, 0.25) is 0 Å². The number of aryl methyl sites for hydroxylation is 2. The Bertz CT molecular complexity index is 603. The largest absolute Gasteiger partial charge is 0.489 e. The van der Waals surface area contributed by atoms with E-state index in [0.29, 0.717) is 6.61 Å². The number of carboxylic acid groups (broad SMARTS) is 1. The molecule has 2 rings (SSSR count). The second-order valence-corrected chi connectivity index (χ2v) is 4.54. The van der Waals surface area contributed by atoms with E-state index in [0.717, 1.165) is 11.3 Å². The molecule has 0 atom stereocenters. The van der Waals surface area contributed by atoms with E-state index in [2.05, 4.69) is 6.92 Å². The van der Waals surface area contributed by atoms with Crippen LogP contribution < -0.4 is 4.74 Å². The molecule has 0 saturated carbocycles. The summed E-state index contributed by atoms with van der Waals surface area (Å²) in [6, 6.07) is 12.7. The minimum absolute atomic E-state index is 0.279. The first-order chi connectivity index (χ1) is 9.06. The molecule has 0 aliphatic carbocycles. The fourth-order valence-corrected chi connectivity index (χ4v) is 1.76. The third kappa shape index (κ3) is 3.35. The summed E-state index contributed by atoms with van der Waals surface area (Å²) in [5, 5.41) is 8.92. The van der Waals surface area contributed by atoms with E-state index in [9.17, 15) is 4.79 Å². The Morgan fingerprint density at radius 3 is 2.58 bits per heavy atom. The number of aromatic carboxylic acids is 1. The lowest BCUT2D eigenvalue weighted by Gasteiger charge is -2.08. The van der Waals surface area contributed by atoms with E-state index >= 15 is 0 Å². The SMILES string of the molecule is Cc1ccc(OCc2cccc(C(=O)O)c2)cc1C. The number of ether oxygens (including phenoxy) is 1. The molecular formula is C16H16O3. The van der Waals surface area contributed by atoms with Crippen LogP contribution in [0.3, 0.4) is 0 Å². The molecule has 1 N–H and O–H groups in total. The van der Waals surface area contributed by atoms with Gasteiger partial charge in [-0.3, -0.25) is 0 Å². The van der Waals surface area contributed by atoms with E-state index in [1.807, 2.05) is 31.2 Å². The van der Waals surface area contributed by atoms with Crippen molar-refractivity contribution in [1.29, 1.82) is 0 Å². The van der Waals surface area contributed by atoms with E-state index in [-0.39, 0.29) is 5.56 Å². The molecule has 0 heterocycles. The summed E-state index contributed by atoms with van der Waals surface area (Å²) in [5.74, 6) is -0.128. The predicted octanol–water partition coefficient (Wildman–Crippen LogP) is 3.58. The van der Waals surface area contributed by atoms with E-state index in [1.54, 1.807) is 18.2 Å². The van der Waals surface area contributed by atoms with Gasteiger partial charge in [0.05, 0.1) is 5.56 Å². The van der Waals surface area contributed by atoms with Gasteiger partial charge in [0, 0.05) is 0 Å². The monoisotopic (exact) mass is 256 g/mol. The Labute approximate surface area is 112 Å². The number of rotatable bonds is 4. The number of hydrogen-bond donors (Lipinski definition) is 1. The molecule has 0 aliphatic rings. The lowest BCUT2D eigenvalue weighted by Crippen LogP contribution is -2.00. The summed E-state index contributed by atoms with van der Waals surface area (Å²) in [7, 11) is 0. The maximum atomic E-state index is 10.9. The summed E-state index contributed by atoms with van der Waals surface area (Å²) in [6.45, 7) is 4.45. The summed E-state index contributed by atoms with van der Waals surface area (Å²) >= 11 is 0. The van der Waals surface area contributed by atoms with Crippen molar-refractivity contribution in [3.8, 4) is 5.75 Å². The zero-order valence-corrected chi connectivity index (χ0v) is 11.0. The van der Waals surface area contributed by atoms with Crippen LogP contribution in [0.25, 0.3) is 0 Å². The Morgan fingerprint density at radius 2 is 1.89 bits per heavy atom. The van der Waals surface area contributed by atoms with Crippen LogP contribution in [-0.2, 0) is 6.61 Å². The smallest absolute Gasteiger partial charge is 0.335 e. The molecule has 19 heavy (non-hydrogen) atoms. The van der Waals surface area contributed by atoms with Crippen molar-refractivity contribution in [3.63, 3.8) is 0 Å². The lowest BCUT2D eigenvalue weighted by molar-refractivity contribution is 0.0696. The summed E-state index contributed by atoms with van der Waals surface area (Å²) in [4.78, 5) is 10.9. The van der Waals surface area contributed by atoms with Crippen LogP contribution in [0.4, 0.5) is 0 Å². The van der Waals surface area contributed by atoms with Gasteiger partial charge in [-0.2, -0.15) is 0 Å². The molecular weight excluding hydrogens is 240 g/mol. The van der Waals surface area contributed by atoms with Crippen molar-refractivity contribution in [1.82, 2.24) is 0 Å². The maximum absolute atomic E-state index is 10.9. The van der Waals surface area contributed by atoms with Crippen LogP contribution in [-0.4, -0.2) is 11.1 Å².